The quantitative estimate of drug-likeness (QED) is 0.725. The molecule has 0 bridgehead atoms. The number of hydrogen-bond acceptors (Lipinski definition) is 4. The second-order valence-corrected chi connectivity index (χ2v) is 4.64. The summed E-state index contributed by atoms with van der Waals surface area (Å²) >= 11 is 0. The number of carbonyl (C=O) groups is 1. The highest BCUT2D eigenvalue weighted by molar-refractivity contribution is 5.37. The molecule has 0 radical (unpaired) electrons. The number of hydrogen-bond donors (Lipinski definition) is 1. The van der Waals surface area contributed by atoms with E-state index in [0.29, 0.717) is 12.6 Å². The first-order valence-electron chi connectivity index (χ1n) is 5.24. The molecule has 0 atom stereocenters. The highest BCUT2D eigenvalue weighted by Crippen LogP contribution is 2.21. The summed E-state index contributed by atoms with van der Waals surface area (Å²) < 4.78 is 9.63. The number of carbonyl (C=O) groups excluding carboxylic acids is 1. The second-order valence-electron chi connectivity index (χ2n) is 4.64. The van der Waals surface area contributed by atoms with Gasteiger partial charge in [-0.3, -0.25) is 4.79 Å². The van der Waals surface area contributed by atoms with E-state index in [1.54, 1.807) is 7.11 Å². The molecule has 1 aliphatic rings. The maximum atomic E-state index is 9.60. The van der Waals surface area contributed by atoms with E-state index in [2.05, 4.69) is 10.1 Å². The van der Waals surface area contributed by atoms with E-state index in [1.165, 1.54) is 12.8 Å². The van der Waals surface area contributed by atoms with Gasteiger partial charge in [-0.05, 0) is 40.7 Å². The van der Waals surface area contributed by atoms with Gasteiger partial charge in [0.2, 0.25) is 0 Å². The standard InChI is InChI=1S/C6H13NO.C5H10O2/c1-7-5-3-6(4-5)8-2;1-5(2,3)7-4-6/h5-7H,3-4H2,1-2H3;4H,1-3H3. The molecule has 0 aliphatic heterocycles. The summed E-state index contributed by atoms with van der Waals surface area (Å²) in [7, 11) is 3.77. The topological polar surface area (TPSA) is 47.6 Å². The van der Waals surface area contributed by atoms with E-state index in [1.807, 2.05) is 27.8 Å². The van der Waals surface area contributed by atoms with Crippen LogP contribution in [0.15, 0.2) is 0 Å². The first-order chi connectivity index (χ1) is 6.92. The lowest BCUT2D eigenvalue weighted by Crippen LogP contribution is -2.43. The van der Waals surface area contributed by atoms with Gasteiger partial charge in [-0.25, -0.2) is 0 Å². The third-order valence-corrected chi connectivity index (χ3v) is 2.24. The van der Waals surface area contributed by atoms with Crippen molar-refractivity contribution < 1.29 is 14.3 Å². The first kappa shape index (κ1) is 14.4. The van der Waals surface area contributed by atoms with Crippen molar-refractivity contribution >= 4 is 6.47 Å². The SMILES string of the molecule is CC(C)(C)OC=O.CNC1CC(OC)C1. The molecule has 0 aromatic carbocycles. The molecule has 0 aromatic rings. The van der Waals surface area contributed by atoms with E-state index in [9.17, 15) is 4.79 Å². The molecule has 1 N–H and O–H groups in total. The lowest BCUT2D eigenvalue weighted by atomic mass is 9.90. The largest absolute Gasteiger partial charge is 0.462 e. The molecule has 0 aromatic heterocycles. The Morgan fingerprint density at radius 3 is 2.07 bits per heavy atom. The molecule has 4 nitrogen and oxygen atoms in total. The summed E-state index contributed by atoms with van der Waals surface area (Å²) in [6, 6.07) is 0.722. The highest BCUT2D eigenvalue weighted by Gasteiger charge is 2.26. The van der Waals surface area contributed by atoms with Crippen LogP contribution in [0.4, 0.5) is 0 Å². The molecule has 1 saturated carbocycles. The fourth-order valence-corrected chi connectivity index (χ4v) is 1.14. The zero-order valence-electron chi connectivity index (χ0n) is 10.4. The average molecular weight is 217 g/mol. The number of nitrogens with one attached hydrogen (secondary N) is 1. The van der Waals surface area contributed by atoms with Crippen LogP contribution in [0, 0.1) is 0 Å². The van der Waals surface area contributed by atoms with Crippen LogP contribution in [0.3, 0.4) is 0 Å². The summed E-state index contributed by atoms with van der Waals surface area (Å²) in [6.45, 7) is 5.92. The van der Waals surface area contributed by atoms with Gasteiger partial charge in [-0.2, -0.15) is 0 Å². The molecule has 0 amide bonds. The van der Waals surface area contributed by atoms with Crippen LogP contribution >= 0.6 is 0 Å². The van der Waals surface area contributed by atoms with Gasteiger partial charge in [0.05, 0.1) is 6.10 Å². The summed E-state index contributed by atoms with van der Waals surface area (Å²) in [4.78, 5) is 9.60. The Bertz CT molecular complexity index is 163. The van der Waals surface area contributed by atoms with Crippen LogP contribution in [0.5, 0.6) is 0 Å². The molecule has 4 heteroatoms. The van der Waals surface area contributed by atoms with Gasteiger partial charge in [0.25, 0.3) is 6.47 Å². The number of ether oxygens (including phenoxy) is 2. The van der Waals surface area contributed by atoms with Gasteiger partial charge < -0.3 is 14.8 Å². The van der Waals surface area contributed by atoms with Gasteiger partial charge in [0.15, 0.2) is 0 Å². The van der Waals surface area contributed by atoms with Crippen LogP contribution in [-0.2, 0) is 14.3 Å². The summed E-state index contributed by atoms with van der Waals surface area (Å²) in [5.74, 6) is 0. The molecule has 0 spiro atoms. The molecule has 90 valence electrons. The Morgan fingerprint density at radius 1 is 1.33 bits per heavy atom. The van der Waals surface area contributed by atoms with Crippen LogP contribution in [0.1, 0.15) is 33.6 Å². The van der Waals surface area contributed by atoms with Gasteiger partial charge in [0, 0.05) is 13.2 Å². The molecule has 0 saturated heterocycles. The van der Waals surface area contributed by atoms with Gasteiger partial charge >= 0.3 is 0 Å². The molecule has 0 heterocycles. The van der Waals surface area contributed by atoms with Crippen LogP contribution < -0.4 is 5.32 Å². The minimum absolute atomic E-state index is 0.318. The lowest BCUT2D eigenvalue weighted by molar-refractivity contribution is -0.138. The van der Waals surface area contributed by atoms with Crippen LogP contribution in [0.25, 0.3) is 0 Å². The van der Waals surface area contributed by atoms with Crippen molar-refractivity contribution in [3.8, 4) is 0 Å². The summed E-state index contributed by atoms with van der Waals surface area (Å²) in [5.41, 5.74) is -0.318. The Balaban J connectivity index is 0.000000265. The number of rotatable bonds is 3. The van der Waals surface area contributed by atoms with Crippen molar-refractivity contribution in [3.05, 3.63) is 0 Å². The molecule has 1 fully saturated rings. The fourth-order valence-electron chi connectivity index (χ4n) is 1.14. The van der Waals surface area contributed by atoms with E-state index in [4.69, 9.17) is 4.74 Å². The van der Waals surface area contributed by atoms with Gasteiger partial charge in [0.1, 0.15) is 5.60 Å². The Hall–Kier alpha value is -0.610. The van der Waals surface area contributed by atoms with Crippen LogP contribution in [-0.4, -0.2) is 38.4 Å². The van der Waals surface area contributed by atoms with E-state index < -0.39 is 0 Å². The maximum Gasteiger partial charge on any atom is 0.293 e. The zero-order valence-corrected chi connectivity index (χ0v) is 10.4. The Kier molecular flexibility index (Phi) is 6.52. The Labute approximate surface area is 92.3 Å². The predicted molar refractivity (Wildman–Crippen MR) is 59.8 cm³/mol. The van der Waals surface area contributed by atoms with Crippen LogP contribution in [0.2, 0.25) is 0 Å². The van der Waals surface area contributed by atoms with Crippen molar-refractivity contribution in [1.82, 2.24) is 5.32 Å². The molecule has 15 heavy (non-hydrogen) atoms. The first-order valence-corrected chi connectivity index (χ1v) is 5.24. The molecular formula is C11H23NO3. The average Bonchev–Trinajstić information content (AvgIpc) is 2.02. The van der Waals surface area contributed by atoms with Crippen molar-refractivity contribution in [2.75, 3.05) is 14.2 Å². The van der Waals surface area contributed by atoms with Crippen molar-refractivity contribution in [3.63, 3.8) is 0 Å². The molecule has 1 aliphatic carbocycles. The van der Waals surface area contributed by atoms with Crippen molar-refractivity contribution in [2.24, 2.45) is 0 Å². The summed E-state index contributed by atoms with van der Waals surface area (Å²) in [6.07, 6.45) is 2.91. The second kappa shape index (κ2) is 6.80. The van der Waals surface area contributed by atoms with E-state index in [-0.39, 0.29) is 5.60 Å². The van der Waals surface area contributed by atoms with Crippen molar-refractivity contribution in [2.45, 2.75) is 51.4 Å². The molecular weight excluding hydrogens is 194 g/mol. The van der Waals surface area contributed by atoms with E-state index >= 15 is 0 Å². The predicted octanol–water partition coefficient (Wildman–Crippen LogP) is 1.34. The molecule has 0 unspecified atom stereocenters. The third kappa shape index (κ3) is 7.33. The number of methoxy groups -OCH3 is 1. The third-order valence-electron chi connectivity index (χ3n) is 2.24. The lowest BCUT2D eigenvalue weighted by Gasteiger charge is -2.33. The summed E-state index contributed by atoms with van der Waals surface area (Å²) in [5, 5.41) is 3.19. The van der Waals surface area contributed by atoms with Crippen molar-refractivity contribution in [1.29, 1.82) is 0 Å². The zero-order chi connectivity index (χ0) is 11.9. The van der Waals surface area contributed by atoms with Gasteiger partial charge in [-0.1, -0.05) is 0 Å². The monoisotopic (exact) mass is 217 g/mol. The van der Waals surface area contributed by atoms with E-state index in [0.717, 1.165) is 6.04 Å². The molecule has 1 rings (SSSR count). The highest BCUT2D eigenvalue weighted by atomic mass is 16.5. The minimum atomic E-state index is -0.318. The normalized spacial score (nSPS) is 24.6. The maximum absolute atomic E-state index is 9.60. The van der Waals surface area contributed by atoms with Gasteiger partial charge in [-0.15, -0.1) is 0 Å². The Morgan fingerprint density at radius 2 is 1.87 bits per heavy atom. The smallest absolute Gasteiger partial charge is 0.293 e. The fraction of sp³-hybridized carbons (Fsp3) is 0.909. The minimum Gasteiger partial charge on any atom is -0.462 e.